The smallest absolute Gasteiger partial charge is 0.0618 e. The highest BCUT2D eigenvalue weighted by molar-refractivity contribution is 5.33. The van der Waals surface area contributed by atoms with Crippen LogP contribution in [-0.2, 0) is 0 Å². The molecule has 0 aromatic carbocycles. The van der Waals surface area contributed by atoms with E-state index in [0.29, 0.717) is 11.8 Å². The summed E-state index contributed by atoms with van der Waals surface area (Å²) in [5, 5.41) is 18.5. The molecule has 0 spiro atoms. The fourth-order valence-corrected chi connectivity index (χ4v) is 2.38. The molecule has 1 saturated carbocycles. The molecule has 1 rings (SSSR count). The quantitative estimate of drug-likeness (QED) is 0.708. The number of hydrogen-bond acceptors (Lipinski definition) is 2. The van der Waals surface area contributed by atoms with Crippen molar-refractivity contribution in [3.05, 3.63) is 23.8 Å². The van der Waals surface area contributed by atoms with Crippen LogP contribution in [0.5, 0.6) is 0 Å². The third-order valence-electron chi connectivity index (χ3n) is 3.25. The summed E-state index contributed by atoms with van der Waals surface area (Å²) in [4.78, 5) is 0. The Balaban J connectivity index is 2.83. The van der Waals surface area contributed by atoms with Crippen molar-refractivity contribution in [2.75, 3.05) is 6.61 Å². The Hall–Kier alpha value is -0.600. The first-order valence-corrected chi connectivity index (χ1v) is 5.25. The third-order valence-corrected chi connectivity index (χ3v) is 3.25. The Morgan fingerprint density at radius 2 is 2.29 bits per heavy atom. The monoisotopic (exact) mass is 196 g/mol. The summed E-state index contributed by atoms with van der Waals surface area (Å²) >= 11 is 0. The molecule has 1 aliphatic carbocycles. The van der Waals surface area contributed by atoms with Crippen LogP contribution in [-0.4, -0.2) is 22.9 Å². The van der Waals surface area contributed by atoms with Crippen LogP contribution in [0.25, 0.3) is 0 Å². The summed E-state index contributed by atoms with van der Waals surface area (Å²) in [6, 6.07) is 0. The Bertz CT molecular complexity index is 241. The van der Waals surface area contributed by atoms with E-state index < -0.39 is 0 Å². The molecule has 0 bridgehead atoms. The molecule has 0 saturated heterocycles. The Kier molecular flexibility index (Phi) is 3.90. The average Bonchev–Trinajstić information content (AvgIpc) is 2.11. The van der Waals surface area contributed by atoms with Gasteiger partial charge in [0.15, 0.2) is 0 Å². The minimum atomic E-state index is -0.278. The lowest BCUT2D eigenvalue weighted by Gasteiger charge is -2.34. The first kappa shape index (κ1) is 11.5. The first-order chi connectivity index (χ1) is 6.57. The first-order valence-electron chi connectivity index (χ1n) is 5.25. The average molecular weight is 196 g/mol. The Morgan fingerprint density at radius 3 is 2.79 bits per heavy atom. The maximum Gasteiger partial charge on any atom is 0.0618 e. The zero-order chi connectivity index (χ0) is 10.7. The normalized spacial score (nSPS) is 33.4. The molecule has 0 radical (unpaired) electrons. The molecule has 0 amide bonds. The van der Waals surface area contributed by atoms with Gasteiger partial charge in [0.1, 0.15) is 0 Å². The van der Waals surface area contributed by atoms with Crippen molar-refractivity contribution in [1.82, 2.24) is 0 Å². The van der Waals surface area contributed by atoms with Crippen LogP contribution in [0.2, 0.25) is 0 Å². The van der Waals surface area contributed by atoms with Crippen LogP contribution in [0.1, 0.15) is 26.7 Å². The number of rotatable bonds is 2. The van der Waals surface area contributed by atoms with Gasteiger partial charge in [-0.15, -0.1) is 0 Å². The van der Waals surface area contributed by atoms with Gasteiger partial charge in [0, 0.05) is 0 Å². The highest BCUT2D eigenvalue weighted by Gasteiger charge is 2.30. The summed E-state index contributed by atoms with van der Waals surface area (Å²) in [5.41, 5.74) is 2.24. The molecule has 3 atom stereocenters. The standard InChI is InChI=1S/C12H20O2/c1-8-4-5-12(10(3)14)9(2)11(8)6-7-13/h6,9-10,12-14H,1,4-5,7H2,2-3H3/b11-6+/t9-,10+,12+/m0/s1. The SMILES string of the molecule is C=C1CC[C@@H]([C@@H](C)O)[C@@H](C)/C1=C/CO. The van der Waals surface area contributed by atoms with Gasteiger partial charge in [-0.25, -0.2) is 0 Å². The second-order valence-corrected chi connectivity index (χ2v) is 4.18. The van der Waals surface area contributed by atoms with Crippen molar-refractivity contribution in [3.8, 4) is 0 Å². The van der Waals surface area contributed by atoms with E-state index in [1.807, 2.05) is 13.0 Å². The molecule has 14 heavy (non-hydrogen) atoms. The zero-order valence-corrected chi connectivity index (χ0v) is 9.03. The highest BCUT2D eigenvalue weighted by Crippen LogP contribution is 2.38. The van der Waals surface area contributed by atoms with E-state index in [0.717, 1.165) is 24.0 Å². The van der Waals surface area contributed by atoms with Crippen LogP contribution >= 0.6 is 0 Å². The van der Waals surface area contributed by atoms with Crippen molar-refractivity contribution >= 4 is 0 Å². The molecular weight excluding hydrogens is 176 g/mol. The summed E-state index contributed by atoms with van der Waals surface area (Å²) in [6.45, 7) is 8.00. The lowest BCUT2D eigenvalue weighted by molar-refractivity contribution is 0.0913. The highest BCUT2D eigenvalue weighted by atomic mass is 16.3. The van der Waals surface area contributed by atoms with Gasteiger partial charge in [-0.2, -0.15) is 0 Å². The van der Waals surface area contributed by atoms with E-state index in [-0.39, 0.29) is 12.7 Å². The number of aliphatic hydroxyl groups excluding tert-OH is 2. The molecule has 0 aromatic rings. The molecule has 0 aromatic heterocycles. The fraction of sp³-hybridized carbons (Fsp3) is 0.667. The second kappa shape index (κ2) is 4.76. The van der Waals surface area contributed by atoms with Crippen LogP contribution < -0.4 is 0 Å². The van der Waals surface area contributed by atoms with Gasteiger partial charge in [-0.3, -0.25) is 0 Å². The molecule has 1 fully saturated rings. The summed E-state index contributed by atoms with van der Waals surface area (Å²) in [6.07, 6.45) is 3.48. The van der Waals surface area contributed by atoms with Crippen molar-refractivity contribution < 1.29 is 10.2 Å². The van der Waals surface area contributed by atoms with Gasteiger partial charge in [-0.05, 0) is 37.2 Å². The maximum absolute atomic E-state index is 9.60. The van der Waals surface area contributed by atoms with Crippen LogP contribution in [0.15, 0.2) is 23.8 Å². The van der Waals surface area contributed by atoms with E-state index in [1.54, 1.807) is 0 Å². The van der Waals surface area contributed by atoms with E-state index in [1.165, 1.54) is 0 Å². The second-order valence-electron chi connectivity index (χ2n) is 4.18. The van der Waals surface area contributed by atoms with Crippen LogP contribution in [0, 0.1) is 11.8 Å². The van der Waals surface area contributed by atoms with Gasteiger partial charge in [0.05, 0.1) is 12.7 Å². The van der Waals surface area contributed by atoms with E-state index >= 15 is 0 Å². The lowest BCUT2D eigenvalue weighted by Crippen LogP contribution is -2.29. The van der Waals surface area contributed by atoms with Gasteiger partial charge < -0.3 is 10.2 Å². The maximum atomic E-state index is 9.60. The number of hydrogen-bond donors (Lipinski definition) is 2. The Labute approximate surface area is 86.0 Å². The van der Waals surface area contributed by atoms with E-state index in [4.69, 9.17) is 5.11 Å². The Morgan fingerprint density at radius 1 is 1.64 bits per heavy atom. The summed E-state index contributed by atoms with van der Waals surface area (Å²) in [7, 11) is 0. The van der Waals surface area contributed by atoms with Crippen LogP contribution in [0.4, 0.5) is 0 Å². The fourth-order valence-electron chi connectivity index (χ4n) is 2.38. The molecule has 2 heteroatoms. The summed E-state index contributed by atoms with van der Waals surface area (Å²) in [5.74, 6) is 0.613. The van der Waals surface area contributed by atoms with Crippen molar-refractivity contribution in [3.63, 3.8) is 0 Å². The molecule has 0 heterocycles. The summed E-state index contributed by atoms with van der Waals surface area (Å²) < 4.78 is 0. The molecule has 1 aliphatic rings. The molecule has 2 nitrogen and oxygen atoms in total. The zero-order valence-electron chi connectivity index (χ0n) is 9.03. The number of aliphatic hydroxyl groups is 2. The van der Waals surface area contributed by atoms with Crippen molar-refractivity contribution in [2.24, 2.45) is 11.8 Å². The van der Waals surface area contributed by atoms with Crippen molar-refractivity contribution in [2.45, 2.75) is 32.8 Å². The minimum absolute atomic E-state index is 0.0607. The van der Waals surface area contributed by atoms with Crippen LogP contribution in [0.3, 0.4) is 0 Å². The van der Waals surface area contributed by atoms with E-state index in [2.05, 4.69) is 13.5 Å². The lowest BCUT2D eigenvalue weighted by atomic mass is 9.72. The van der Waals surface area contributed by atoms with Crippen molar-refractivity contribution in [1.29, 1.82) is 0 Å². The third kappa shape index (κ3) is 2.25. The molecule has 0 aliphatic heterocycles. The van der Waals surface area contributed by atoms with Gasteiger partial charge in [-0.1, -0.05) is 25.2 Å². The van der Waals surface area contributed by atoms with Gasteiger partial charge >= 0.3 is 0 Å². The largest absolute Gasteiger partial charge is 0.393 e. The topological polar surface area (TPSA) is 40.5 Å². The van der Waals surface area contributed by atoms with E-state index in [9.17, 15) is 5.11 Å². The molecule has 0 unspecified atom stereocenters. The number of allylic oxidation sites excluding steroid dienone is 2. The van der Waals surface area contributed by atoms with Gasteiger partial charge in [0.2, 0.25) is 0 Å². The molecule has 2 N–H and O–H groups in total. The van der Waals surface area contributed by atoms with Gasteiger partial charge in [0.25, 0.3) is 0 Å². The minimum Gasteiger partial charge on any atom is -0.393 e. The predicted octanol–water partition coefficient (Wildman–Crippen LogP) is 1.89. The predicted molar refractivity (Wildman–Crippen MR) is 57.9 cm³/mol. The molecular formula is C12H20O2. The molecule has 80 valence electrons.